The van der Waals surface area contributed by atoms with Gasteiger partial charge >= 0.3 is 0 Å². The maximum absolute atomic E-state index is 12.1. The highest BCUT2D eigenvalue weighted by atomic mass is 16.1. The minimum absolute atomic E-state index is 0.204. The summed E-state index contributed by atoms with van der Waals surface area (Å²) in [5.74, 6) is 0.446. The van der Waals surface area contributed by atoms with Crippen molar-refractivity contribution in [3.8, 4) is 0 Å². The van der Waals surface area contributed by atoms with Gasteiger partial charge in [0.25, 0.3) is 0 Å². The highest BCUT2D eigenvalue weighted by Crippen LogP contribution is 2.36. The molecule has 2 heterocycles. The Morgan fingerprint density at radius 2 is 1.89 bits per heavy atom. The molecule has 1 aromatic heterocycles. The third kappa shape index (κ3) is 1.09. The highest BCUT2D eigenvalue weighted by molar-refractivity contribution is 6.16. The van der Waals surface area contributed by atoms with E-state index in [1.54, 1.807) is 0 Å². The van der Waals surface area contributed by atoms with Gasteiger partial charge in [-0.3, -0.25) is 9.59 Å². The molecule has 0 fully saturated rings. The number of carbonyl (C=O) groups excluding carboxylic acids is 2. The van der Waals surface area contributed by atoms with Crippen LogP contribution in [0.4, 0.5) is 0 Å². The Hall–Kier alpha value is -1.90. The number of rotatable bonds is 0. The molecule has 0 saturated heterocycles. The Balaban J connectivity index is 2.20. The van der Waals surface area contributed by atoms with Gasteiger partial charge in [0.1, 0.15) is 0 Å². The van der Waals surface area contributed by atoms with E-state index in [-0.39, 0.29) is 11.6 Å². The van der Waals surface area contributed by atoms with Crippen LogP contribution in [-0.2, 0) is 13.0 Å². The molecule has 90 valence electrons. The standard InChI is InChI=1S/C15H13NO2/c17-12-7-8-16-11-5-2-6-13(18)14(11)10-4-1-3-9(12)15(10)16/h1,3-4H,2,5-8H2. The maximum atomic E-state index is 12.1. The van der Waals surface area contributed by atoms with E-state index in [9.17, 15) is 9.59 Å². The molecule has 1 aliphatic heterocycles. The van der Waals surface area contributed by atoms with Crippen LogP contribution in [0.3, 0.4) is 0 Å². The average Bonchev–Trinajstić information content (AvgIpc) is 2.71. The van der Waals surface area contributed by atoms with Crippen LogP contribution in [0.2, 0.25) is 0 Å². The van der Waals surface area contributed by atoms with Gasteiger partial charge in [0.15, 0.2) is 11.6 Å². The van der Waals surface area contributed by atoms with Crippen LogP contribution in [0.15, 0.2) is 18.2 Å². The van der Waals surface area contributed by atoms with E-state index in [2.05, 4.69) is 4.57 Å². The van der Waals surface area contributed by atoms with Gasteiger partial charge in [-0.2, -0.15) is 0 Å². The summed E-state index contributed by atoms with van der Waals surface area (Å²) in [6.45, 7) is 0.731. The second-order valence-corrected chi connectivity index (χ2v) is 5.12. The monoisotopic (exact) mass is 239 g/mol. The van der Waals surface area contributed by atoms with Gasteiger partial charge in [0, 0.05) is 41.6 Å². The zero-order valence-corrected chi connectivity index (χ0v) is 10.0. The number of hydrogen-bond acceptors (Lipinski definition) is 2. The third-order valence-corrected chi connectivity index (χ3v) is 4.15. The van der Waals surface area contributed by atoms with Crippen LogP contribution in [-0.4, -0.2) is 16.1 Å². The molecule has 4 rings (SSSR count). The summed E-state index contributed by atoms with van der Waals surface area (Å²) in [6.07, 6.45) is 3.10. The van der Waals surface area contributed by atoms with E-state index in [0.29, 0.717) is 12.8 Å². The predicted molar refractivity (Wildman–Crippen MR) is 68.2 cm³/mol. The molecular weight excluding hydrogens is 226 g/mol. The maximum Gasteiger partial charge on any atom is 0.166 e. The van der Waals surface area contributed by atoms with Gasteiger partial charge in [-0.15, -0.1) is 0 Å². The molecule has 1 aliphatic carbocycles. The van der Waals surface area contributed by atoms with E-state index in [1.165, 1.54) is 0 Å². The molecule has 0 spiro atoms. The van der Waals surface area contributed by atoms with Gasteiger partial charge in [-0.1, -0.05) is 12.1 Å². The van der Waals surface area contributed by atoms with E-state index in [0.717, 1.165) is 47.1 Å². The quantitative estimate of drug-likeness (QED) is 0.709. The minimum atomic E-state index is 0.204. The highest BCUT2D eigenvalue weighted by Gasteiger charge is 2.30. The van der Waals surface area contributed by atoms with Gasteiger partial charge in [0.05, 0.1) is 5.52 Å². The average molecular weight is 239 g/mol. The molecule has 0 amide bonds. The number of hydrogen-bond donors (Lipinski definition) is 0. The first-order chi connectivity index (χ1) is 8.77. The Morgan fingerprint density at radius 1 is 1.00 bits per heavy atom. The molecule has 2 aromatic rings. The molecule has 1 aromatic carbocycles. The fourth-order valence-electron chi connectivity index (χ4n) is 3.39. The molecule has 0 radical (unpaired) electrons. The first-order valence-electron chi connectivity index (χ1n) is 6.48. The first-order valence-corrected chi connectivity index (χ1v) is 6.48. The predicted octanol–water partition coefficient (Wildman–Crippen LogP) is 2.75. The molecule has 0 unspecified atom stereocenters. The van der Waals surface area contributed by atoms with E-state index in [4.69, 9.17) is 0 Å². The van der Waals surface area contributed by atoms with Crippen LogP contribution in [0.25, 0.3) is 10.9 Å². The summed E-state index contributed by atoms with van der Waals surface area (Å²) >= 11 is 0. The normalized spacial score (nSPS) is 18.2. The Morgan fingerprint density at radius 3 is 2.78 bits per heavy atom. The molecule has 0 saturated carbocycles. The zero-order valence-electron chi connectivity index (χ0n) is 10.0. The molecule has 0 bridgehead atoms. The summed E-state index contributed by atoms with van der Waals surface area (Å²) in [7, 11) is 0. The number of fused-ring (bicyclic) bond motifs is 3. The Kier molecular flexibility index (Phi) is 1.85. The van der Waals surface area contributed by atoms with Crippen molar-refractivity contribution in [2.24, 2.45) is 0 Å². The fourth-order valence-corrected chi connectivity index (χ4v) is 3.39. The number of aromatic nitrogens is 1. The fraction of sp³-hybridized carbons (Fsp3) is 0.333. The molecule has 3 heteroatoms. The lowest BCUT2D eigenvalue weighted by Crippen LogP contribution is -2.17. The lowest BCUT2D eigenvalue weighted by Gasteiger charge is -2.18. The number of aryl methyl sites for hydroxylation is 1. The van der Waals surface area contributed by atoms with Crippen molar-refractivity contribution in [2.75, 3.05) is 0 Å². The number of para-hydroxylation sites is 1. The molecule has 0 N–H and O–H groups in total. The zero-order chi connectivity index (χ0) is 12.3. The van der Waals surface area contributed by atoms with Gasteiger partial charge in [-0.25, -0.2) is 0 Å². The Labute approximate surface area is 104 Å². The minimum Gasteiger partial charge on any atom is -0.343 e. The lowest BCUT2D eigenvalue weighted by atomic mass is 9.94. The number of ketones is 2. The number of nitrogens with zero attached hydrogens (tertiary/aromatic N) is 1. The molecule has 3 nitrogen and oxygen atoms in total. The summed E-state index contributed by atoms with van der Waals surface area (Å²) in [5, 5.41) is 0.986. The van der Waals surface area contributed by atoms with Crippen molar-refractivity contribution >= 4 is 22.5 Å². The second kappa shape index (κ2) is 3.31. The van der Waals surface area contributed by atoms with Crippen molar-refractivity contribution in [3.63, 3.8) is 0 Å². The van der Waals surface area contributed by atoms with Gasteiger partial charge in [-0.05, 0) is 18.9 Å². The van der Waals surface area contributed by atoms with E-state index >= 15 is 0 Å². The van der Waals surface area contributed by atoms with Crippen LogP contribution in [0, 0.1) is 0 Å². The summed E-state index contributed by atoms with van der Waals surface area (Å²) < 4.78 is 2.21. The summed E-state index contributed by atoms with van der Waals surface area (Å²) in [4.78, 5) is 24.1. The van der Waals surface area contributed by atoms with Crippen molar-refractivity contribution in [1.82, 2.24) is 4.57 Å². The lowest BCUT2D eigenvalue weighted by molar-refractivity contribution is 0.0970. The van der Waals surface area contributed by atoms with Crippen LogP contribution >= 0.6 is 0 Å². The van der Waals surface area contributed by atoms with Gasteiger partial charge < -0.3 is 4.57 Å². The first kappa shape index (κ1) is 10.1. The second-order valence-electron chi connectivity index (χ2n) is 5.12. The number of benzene rings is 1. The van der Waals surface area contributed by atoms with Crippen LogP contribution < -0.4 is 0 Å². The van der Waals surface area contributed by atoms with Crippen molar-refractivity contribution in [3.05, 3.63) is 35.0 Å². The largest absolute Gasteiger partial charge is 0.343 e. The molecule has 0 atom stereocenters. The number of Topliss-reactive ketones (excluding diaryl/α,β-unsaturated/α-hetero) is 2. The van der Waals surface area contributed by atoms with Crippen molar-refractivity contribution < 1.29 is 9.59 Å². The van der Waals surface area contributed by atoms with Crippen molar-refractivity contribution in [2.45, 2.75) is 32.2 Å². The van der Waals surface area contributed by atoms with Crippen molar-refractivity contribution in [1.29, 1.82) is 0 Å². The van der Waals surface area contributed by atoms with Crippen LogP contribution in [0.1, 0.15) is 45.7 Å². The SMILES string of the molecule is O=C1CCCc2c1c1cccc3c1n2CCC3=O. The van der Waals surface area contributed by atoms with Gasteiger partial charge in [0.2, 0.25) is 0 Å². The molecular formula is C15H13NO2. The molecule has 2 aliphatic rings. The van der Waals surface area contributed by atoms with E-state index in [1.807, 2.05) is 18.2 Å². The third-order valence-electron chi connectivity index (χ3n) is 4.15. The summed E-state index contributed by atoms with van der Waals surface area (Å²) in [6, 6.07) is 5.76. The number of carbonyl (C=O) groups is 2. The van der Waals surface area contributed by atoms with Crippen LogP contribution in [0.5, 0.6) is 0 Å². The Bertz CT molecular complexity index is 709. The molecule has 18 heavy (non-hydrogen) atoms. The summed E-state index contributed by atoms with van der Waals surface area (Å²) in [5.41, 5.74) is 3.82. The smallest absolute Gasteiger partial charge is 0.166 e. The van der Waals surface area contributed by atoms with E-state index < -0.39 is 0 Å². The topological polar surface area (TPSA) is 39.1 Å².